The summed E-state index contributed by atoms with van der Waals surface area (Å²) in [5.41, 5.74) is 0. The van der Waals surface area contributed by atoms with Crippen molar-refractivity contribution in [3.8, 4) is 0 Å². The molecule has 1 saturated carbocycles. The van der Waals surface area contributed by atoms with E-state index < -0.39 is 24.5 Å². The highest BCUT2D eigenvalue weighted by molar-refractivity contribution is 8.00. The average molecular weight is 364 g/mol. The zero-order valence-corrected chi connectivity index (χ0v) is 15.1. The maximum atomic E-state index is 11.8. The van der Waals surface area contributed by atoms with E-state index in [1.807, 2.05) is 30.3 Å². The summed E-state index contributed by atoms with van der Waals surface area (Å²) in [4.78, 5) is 36.1. The summed E-state index contributed by atoms with van der Waals surface area (Å²) in [6.07, 6.45) is 4.26. The lowest BCUT2D eigenvalue weighted by Gasteiger charge is -2.29. The molecule has 1 aromatic carbocycles. The Morgan fingerprint density at radius 1 is 1.16 bits per heavy atom. The van der Waals surface area contributed by atoms with Gasteiger partial charge in [0.2, 0.25) is 0 Å². The Kier molecular flexibility index (Phi) is 7.78. The van der Waals surface area contributed by atoms with E-state index in [1.54, 1.807) is 0 Å². The number of hydrogen-bond donors (Lipinski definition) is 2. The van der Waals surface area contributed by atoms with Crippen LogP contribution in [0, 0.1) is 5.92 Å². The smallest absolute Gasteiger partial charge is 0.321 e. The molecule has 136 valence electrons. The summed E-state index contributed by atoms with van der Waals surface area (Å²) in [6.45, 7) is 1.64. The third-order valence-electron chi connectivity index (χ3n) is 4.15. The SMILES string of the molecule is C[C@H]1CCCC[C@H]1NC(=O)NC(=O)COC(=O)CSc1ccccc1. The Morgan fingerprint density at radius 3 is 2.60 bits per heavy atom. The van der Waals surface area contributed by atoms with Crippen LogP contribution in [-0.4, -0.2) is 36.3 Å². The summed E-state index contributed by atoms with van der Waals surface area (Å²) >= 11 is 1.33. The third-order valence-corrected chi connectivity index (χ3v) is 5.13. The second-order valence-electron chi connectivity index (χ2n) is 6.15. The summed E-state index contributed by atoms with van der Waals surface area (Å²) in [7, 11) is 0. The van der Waals surface area contributed by atoms with Gasteiger partial charge >= 0.3 is 12.0 Å². The van der Waals surface area contributed by atoms with Crippen molar-refractivity contribution in [2.45, 2.75) is 43.5 Å². The Bertz CT molecular complexity index is 594. The number of esters is 1. The fraction of sp³-hybridized carbons (Fsp3) is 0.500. The highest BCUT2D eigenvalue weighted by Gasteiger charge is 2.23. The largest absolute Gasteiger partial charge is 0.455 e. The van der Waals surface area contributed by atoms with Gasteiger partial charge in [0.15, 0.2) is 6.61 Å². The number of imide groups is 1. The minimum Gasteiger partial charge on any atom is -0.455 e. The fourth-order valence-corrected chi connectivity index (χ4v) is 3.46. The van der Waals surface area contributed by atoms with E-state index in [4.69, 9.17) is 4.74 Å². The summed E-state index contributed by atoms with van der Waals surface area (Å²) in [6, 6.07) is 9.00. The lowest BCUT2D eigenvalue weighted by Crippen LogP contribution is -2.48. The minimum absolute atomic E-state index is 0.0892. The van der Waals surface area contributed by atoms with Crippen molar-refractivity contribution in [3.63, 3.8) is 0 Å². The van der Waals surface area contributed by atoms with Gasteiger partial charge in [0, 0.05) is 10.9 Å². The van der Waals surface area contributed by atoms with Crippen LogP contribution in [0.15, 0.2) is 35.2 Å². The van der Waals surface area contributed by atoms with Gasteiger partial charge in [-0.1, -0.05) is 38.0 Å². The van der Waals surface area contributed by atoms with Crippen molar-refractivity contribution in [2.24, 2.45) is 5.92 Å². The van der Waals surface area contributed by atoms with Crippen LogP contribution in [0.25, 0.3) is 0 Å². The summed E-state index contributed by atoms with van der Waals surface area (Å²) in [5.74, 6) is -0.602. The van der Waals surface area contributed by atoms with Crippen molar-refractivity contribution in [1.82, 2.24) is 10.6 Å². The number of carbonyl (C=O) groups is 3. The first-order valence-corrected chi connectivity index (χ1v) is 9.47. The van der Waals surface area contributed by atoms with Gasteiger partial charge in [-0.15, -0.1) is 11.8 Å². The molecule has 1 aliphatic rings. The van der Waals surface area contributed by atoms with E-state index in [2.05, 4.69) is 17.6 Å². The average Bonchev–Trinajstić information content (AvgIpc) is 2.61. The number of benzene rings is 1. The van der Waals surface area contributed by atoms with Crippen molar-refractivity contribution >= 4 is 29.7 Å². The first-order valence-electron chi connectivity index (χ1n) is 8.48. The molecule has 0 heterocycles. The van der Waals surface area contributed by atoms with Gasteiger partial charge in [-0.2, -0.15) is 0 Å². The van der Waals surface area contributed by atoms with Gasteiger partial charge in [-0.25, -0.2) is 4.79 Å². The van der Waals surface area contributed by atoms with Gasteiger partial charge in [0.25, 0.3) is 5.91 Å². The number of carbonyl (C=O) groups excluding carboxylic acids is 3. The number of amides is 3. The van der Waals surface area contributed by atoms with Crippen LogP contribution in [0.4, 0.5) is 4.79 Å². The van der Waals surface area contributed by atoms with Crippen LogP contribution in [0.5, 0.6) is 0 Å². The van der Waals surface area contributed by atoms with Crippen LogP contribution in [0.2, 0.25) is 0 Å². The first-order chi connectivity index (χ1) is 12.0. The maximum Gasteiger partial charge on any atom is 0.321 e. The molecule has 0 radical (unpaired) electrons. The van der Waals surface area contributed by atoms with Crippen LogP contribution >= 0.6 is 11.8 Å². The molecule has 0 aliphatic heterocycles. The van der Waals surface area contributed by atoms with Crippen molar-refractivity contribution < 1.29 is 19.1 Å². The highest BCUT2D eigenvalue weighted by Crippen LogP contribution is 2.23. The highest BCUT2D eigenvalue weighted by atomic mass is 32.2. The molecule has 1 aromatic rings. The quantitative estimate of drug-likeness (QED) is 0.599. The molecule has 0 aromatic heterocycles. The number of thioether (sulfide) groups is 1. The molecule has 3 amide bonds. The zero-order chi connectivity index (χ0) is 18.1. The molecule has 0 spiro atoms. The number of rotatable bonds is 6. The third kappa shape index (κ3) is 7.17. The second kappa shape index (κ2) is 10.1. The predicted octanol–water partition coefficient (Wildman–Crippen LogP) is 2.73. The molecule has 0 bridgehead atoms. The van der Waals surface area contributed by atoms with Gasteiger partial charge < -0.3 is 10.1 Å². The lowest BCUT2D eigenvalue weighted by atomic mass is 9.86. The van der Waals surface area contributed by atoms with Crippen LogP contribution in [0.3, 0.4) is 0 Å². The normalized spacial score (nSPS) is 19.7. The molecule has 0 saturated heterocycles. The van der Waals surface area contributed by atoms with E-state index in [9.17, 15) is 14.4 Å². The van der Waals surface area contributed by atoms with E-state index in [1.165, 1.54) is 18.2 Å². The van der Waals surface area contributed by atoms with Gasteiger partial charge in [0.1, 0.15) is 0 Å². The summed E-state index contributed by atoms with van der Waals surface area (Å²) in [5, 5.41) is 5.02. The van der Waals surface area contributed by atoms with Crippen molar-refractivity contribution in [2.75, 3.05) is 12.4 Å². The molecule has 1 aliphatic carbocycles. The Balaban J connectivity index is 1.62. The van der Waals surface area contributed by atoms with Gasteiger partial charge in [-0.3, -0.25) is 14.9 Å². The first kappa shape index (κ1) is 19.3. The van der Waals surface area contributed by atoms with Crippen LogP contribution < -0.4 is 10.6 Å². The molecule has 25 heavy (non-hydrogen) atoms. The number of ether oxygens (including phenoxy) is 1. The molecular formula is C18H24N2O4S. The standard InChI is InChI=1S/C18H24N2O4S/c1-13-7-5-6-10-15(13)19-18(23)20-16(21)11-24-17(22)12-25-14-8-3-2-4-9-14/h2-4,8-9,13,15H,5-7,10-12H2,1H3,(H2,19,20,21,23)/t13-,15+/m0/s1. The topological polar surface area (TPSA) is 84.5 Å². The number of urea groups is 1. The van der Waals surface area contributed by atoms with Gasteiger partial charge in [0.05, 0.1) is 5.75 Å². The molecular weight excluding hydrogens is 340 g/mol. The van der Waals surface area contributed by atoms with Crippen LogP contribution in [-0.2, 0) is 14.3 Å². The molecule has 2 N–H and O–H groups in total. The molecule has 2 rings (SSSR count). The molecule has 1 fully saturated rings. The van der Waals surface area contributed by atoms with E-state index >= 15 is 0 Å². The molecule has 6 nitrogen and oxygen atoms in total. The van der Waals surface area contributed by atoms with Crippen LogP contribution in [0.1, 0.15) is 32.6 Å². The number of nitrogens with one attached hydrogen (secondary N) is 2. The monoisotopic (exact) mass is 364 g/mol. The molecule has 0 unspecified atom stereocenters. The predicted molar refractivity (Wildman–Crippen MR) is 96.2 cm³/mol. The second-order valence-corrected chi connectivity index (χ2v) is 7.20. The Labute approximate surface area is 152 Å². The lowest BCUT2D eigenvalue weighted by molar-refractivity contribution is -0.145. The Hall–Kier alpha value is -2.02. The Morgan fingerprint density at radius 2 is 1.88 bits per heavy atom. The van der Waals surface area contributed by atoms with E-state index in [0.717, 1.165) is 24.2 Å². The fourth-order valence-electron chi connectivity index (χ4n) is 2.74. The van der Waals surface area contributed by atoms with Crippen molar-refractivity contribution in [1.29, 1.82) is 0 Å². The van der Waals surface area contributed by atoms with E-state index in [0.29, 0.717) is 5.92 Å². The van der Waals surface area contributed by atoms with Crippen molar-refractivity contribution in [3.05, 3.63) is 30.3 Å². The number of hydrogen-bond acceptors (Lipinski definition) is 5. The summed E-state index contributed by atoms with van der Waals surface area (Å²) < 4.78 is 4.89. The van der Waals surface area contributed by atoms with Gasteiger partial charge in [-0.05, 0) is 30.9 Å². The molecule has 2 atom stereocenters. The maximum absolute atomic E-state index is 11.8. The molecule has 7 heteroatoms. The van der Waals surface area contributed by atoms with E-state index in [-0.39, 0.29) is 11.8 Å². The minimum atomic E-state index is -0.626. The zero-order valence-electron chi connectivity index (χ0n) is 14.3.